The molecule has 6 heteroatoms. The second kappa shape index (κ2) is 7.68. The molecule has 28 heavy (non-hydrogen) atoms. The minimum atomic E-state index is -0.580. The average molecular weight is 375 g/mol. The number of amides is 1. The third kappa shape index (κ3) is 3.41. The smallest absolute Gasteiger partial charge is 0.291 e. The second-order valence-electron chi connectivity index (χ2n) is 6.95. The summed E-state index contributed by atoms with van der Waals surface area (Å²) in [5.74, 6) is -1.33. The number of aromatic hydroxyl groups is 1. The lowest BCUT2D eigenvalue weighted by atomic mass is 9.86. The number of Topliss-reactive ketones (excluding diaryl/α,β-unsaturated/α-hetero) is 1. The number of aromatic nitrogens is 2. The summed E-state index contributed by atoms with van der Waals surface area (Å²) in [6.45, 7) is 1.16. The van der Waals surface area contributed by atoms with Gasteiger partial charge in [-0.05, 0) is 29.7 Å². The van der Waals surface area contributed by atoms with Crippen LogP contribution in [0.15, 0.2) is 73.3 Å². The SMILES string of the molecule is O=C1C(=O)N(CCCn2ccnc2)C(c2cccc(O)c2)C1c1ccccc1. The summed E-state index contributed by atoms with van der Waals surface area (Å²) in [5.41, 5.74) is 1.57. The highest BCUT2D eigenvalue weighted by atomic mass is 16.3. The Bertz CT molecular complexity index is 970. The van der Waals surface area contributed by atoms with Crippen LogP contribution in [0.3, 0.4) is 0 Å². The Morgan fingerprint density at radius 2 is 1.75 bits per heavy atom. The number of likely N-dealkylation sites (tertiary alicyclic amines) is 1. The number of carbonyl (C=O) groups excluding carboxylic acids is 2. The maximum absolute atomic E-state index is 12.9. The Kier molecular flexibility index (Phi) is 4.93. The summed E-state index contributed by atoms with van der Waals surface area (Å²) in [6.07, 6.45) is 6.02. The molecule has 2 atom stereocenters. The van der Waals surface area contributed by atoms with Crippen molar-refractivity contribution in [1.82, 2.24) is 14.5 Å². The van der Waals surface area contributed by atoms with E-state index in [1.54, 1.807) is 35.6 Å². The molecule has 0 aliphatic carbocycles. The Morgan fingerprint density at radius 3 is 2.46 bits per heavy atom. The third-order valence-electron chi connectivity index (χ3n) is 5.15. The number of phenols is 1. The molecule has 1 saturated heterocycles. The summed E-state index contributed by atoms with van der Waals surface area (Å²) >= 11 is 0. The molecule has 1 amide bonds. The highest BCUT2D eigenvalue weighted by molar-refractivity contribution is 6.40. The maximum atomic E-state index is 12.9. The fourth-order valence-corrected chi connectivity index (χ4v) is 3.88. The second-order valence-corrected chi connectivity index (χ2v) is 6.95. The molecule has 6 nitrogen and oxygen atoms in total. The van der Waals surface area contributed by atoms with Crippen LogP contribution in [0, 0.1) is 0 Å². The van der Waals surface area contributed by atoms with Gasteiger partial charge < -0.3 is 14.6 Å². The molecule has 2 heterocycles. The average Bonchev–Trinajstić information content (AvgIpc) is 3.31. The fraction of sp³-hybridized carbons (Fsp3) is 0.227. The van der Waals surface area contributed by atoms with Crippen molar-refractivity contribution < 1.29 is 14.7 Å². The predicted octanol–water partition coefficient (Wildman–Crippen LogP) is 2.92. The number of benzene rings is 2. The zero-order valence-electron chi connectivity index (χ0n) is 15.3. The molecule has 2 unspecified atom stereocenters. The number of phenolic OH excluding ortho intramolecular Hbond substituents is 1. The predicted molar refractivity (Wildman–Crippen MR) is 104 cm³/mol. The maximum Gasteiger partial charge on any atom is 0.291 e. The van der Waals surface area contributed by atoms with Crippen LogP contribution in [0.1, 0.15) is 29.5 Å². The first-order chi connectivity index (χ1) is 13.6. The Labute approximate surface area is 163 Å². The molecule has 0 bridgehead atoms. The molecule has 1 aliphatic rings. The van der Waals surface area contributed by atoms with Crippen molar-refractivity contribution in [2.45, 2.75) is 24.9 Å². The van der Waals surface area contributed by atoms with E-state index < -0.39 is 23.7 Å². The van der Waals surface area contributed by atoms with Gasteiger partial charge in [0.15, 0.2) is 0 Å². The van der Waals surface area contributed by atoms with Gasteiger partial charge >= 0.3 is 0 Å². The van der Waals surface area contributed by atoms with E-state index >= 15 is 0 Å². The lowest BCUT2D eigenvalue weighted by Gasteiger charge is -2.28. The number of ketones is 1. The fourth-order valence-electron chi connectivity index (χ4n) is 3.88. The van der Waals surface area contributed by atoms with Crippen LogP contribution in [0.5, 0.6) is 5.75 Å². The van der Waals surface area contributed by atoms with Crippen molar-refractivity contribution in [2.24, 2.45) is 0 Å². The van der Waals surface area contributed by atoms with Gasteiger partial charge in [-0.3, -0.25) is 9.59 Å². The number of rotatable bonds is 6. The molecule has 1 aliphatic heterocycles. The summed E-state index contributed by atoms with van der Waals surface area (Å²) in [5, 5.41) is 9.95. The third-order valence-corrected chi connectivity index (χ3v) is 5.15. The molecule has 1 aromatic heterocycles. The number of imidazole rings is 1. The number of aryl methyl sites for hydroxylation is 1. The number of carbonyl (C=O) groups is 2. The zero-order chi connectivity index (χ0) is 19.5. The highest BCUT2D eigenvalue weighted by Crippen LogP contribution is 2.43. The van der Waals surface area contributed by atoms with E-state index in [2.05, 4.69) is 4.98 Å². The van der Waals surface area contributed by atoms with Crippen molar-refractivity contribution in [1.29, 1.82) is 0 Å². The molecule has 2 aromatic carbocycles. The summed E-state index contributed by atoms with van der Waals surface area (Å²) in [4.78, 5) is 31.4. The largest absolute Gasteiger partial charge is 0.508 e. The number of nitrogens with zero attached hydrogens (tertiary/aromatic N) is 3. The summed E-state index contributed by atoms with van der Waals surface area (Å²) in [6, 6.07) is 15.8. The topological polar surface area (TPSA) is 75.4 Å². The first-order valence-corrected chi connectivity index (χ1v) is 9.29. The molecule has 142 valence electrons. The molecule has 1 N–H and O–H groups in total. The first kappa shape index (κ1) is 18.0. The van der Waals surface area contributed by atoms with Gasteiger partial charge in [0, 0.05) is 25.5 Å². The van der Waals surface area contributed by atoms with E-state index in [0.717, 1.165) is 11.1 Å². The standard InChI is InChI=1S/C22H21N3O3/c26-18-9-4-8-17(14-18)20-19(16-6-2-1-3-7-16)21(27)22(28)25(20)12-5-11-24-13-10-23-15-24/h1-4,6-10,13-15,19-20,26H,5,11-12H2. The monoisotopic (exact) mass is 375 g/mol. The number of hydrogen-bond acceptors (Lipinski definition) is 4. The van der Waals surface area contributed by atoms with E-state index in [4.69, 9.17) is 0 Å². The molecule has 0 spiro atoms. The van der Waals surface area contributed by atoms with E-state index in [0.29, 0.717) is 19.5 Å². The van der Waals surface area contributed by atoms with Crippen LogP contribution >= 0.6 is 0 Å². The summed E-state index contributed by atoms with van der Waals surface area (Å²) in [7, 11) is 0. The van der Waals surface area contributed by atoms with Gasteiger partial charge in [-0.1, -0.05) is 42.5 Å². The minimum absolute atomic E-state index is 0.120. The quantitative estimate of drug-likeness (QED) is 0.672. The van der Waals surface area contributed by atoms with Crippen LogP contribution in [0.2, 0.25) is 0 Å². The van der Waals surface area contributed by atoms with Crippen LogP contribution < -0.4 is 0 Å². The lowest BCUT2D eigenvalue weighted by Crippen LogP contribution is -2.31. The molecule has 0 radical (unpaired) electrons. The zero-order valence-corrected chi connectivity index (χ0v) is 15.3. The van der Waals surface area contributed by atoms with Crippen molar-refractivity contribution >= 4 is 11.7 Å². The van der Waals surface area contributed by atoms with Gasteiger partial charge in [0.25, 0.3) is 5.91 Å². The normalized spacial score (nSPS) is 19.4. The van der Waals surface area contributed by atoms with Crippen molar-refractivity contribution in [3.8, 4) is 5.75 Å². The van der Waals surface area contributed by atoms with E-state index in [1.807, 2.05) is 47.2 Å². The molecular weight excluding hydrogens is 354 g/mol. The Morgan fingerprint density at radius 1 is 0.964 bits per heavy atom. The number of hydrogen-bond donors (Lipinski definition) is 1. The first-order valence-electron chi connectivity index (χ1n) is 9.29. The van der Waals surface area contributed by atoms with Crippen molar-refractivity contribution in [3.63, 3.8) is 0 Å². The van der Waals surface area contributed by atoms with Crippen LogP contribution in [-0.2, 0) is 16.1 Å². The van der Waals surface area contributed by atoms with Gasteiger partial charge in [0.1, 0.15) is 5.75 Å². The Balaban J connectivity index is 1.66. The molecule has 3 aromatic rings. The van der Waals surface area contributed by atoms with Crippen molar-refractivity contribution in [2.75, 3.05) is 6.54 Å². The lowest BCUT2D eigenvalue weighted by molar-refractivity contribution is -0.140. The van der Waals surface area contributed by atoms with E-state index in [-0.39, 0.29) is 5.75 Å². The Hall–Kier alpha value is -3.41. The van der Waals surface area contributed by atoms with E-state index in [1.165, 1.54) is 0 Å². The van der Waals surface area contributed by atoms with Gasteiger partial charge in [0.2, 0.25) is 5.78 Å². The van der Waals surface area contributed by atoms with Gasteiger partial charge in [-0.2, -0.15) is 0 Å². The minimum Gasteiger partial charge on any atom is -0.508 e. The molecule has 1 fully saturated rings. The molecular formula is C22H21N3O3. The molecule has 4 rings (SSSR count). The molecule has 0 saturated carbocycles. The van der Waals surface area contributed by atoms with Gasteiger partial charge in [0.05, 0.1) is 18.3 Å². The van der Waals surface area contributed by atoms with Crippen molar-refractivity contribution in [3.05, 3.63) is 84.4 Å². The van der Waals surface area contributed by atoms with E-state index in [9.17, 15) is 14.7 Å². The summed E-state index contributed by atoms with van der Waals surface area (Å²) < 4.78 is 1.94. The highest BCUT2D eigenvalue weighted by Gasteiger charge is 2.48. The van der Waals surface area contributed by atoms with Crippen LogP contribution in [0.25, 0.3) is 0 Å². The van der Waals surface area contributed by atoms with Crippen LogP contribution in [0.4, 0.5) is 0 Å². The van der Waals surface area contributed by atoms with Gasteiger partial charge in [-0.15, -0.1) is 0 Å². The van der Waals surface area contributed by atoms with Gasteiger partial charge in [-0.25, -0.2) is 4.98 Å². The van der Waals surface area contributed by atoms with Crippen LogP contribution in [-0.4, -0.2) is 37.8 Å².